The summed E-state index contributed by atoms with van der Waals surface area (Å²) in [5.41, 5.74) is 5.36. The highest BCUT2D eigenvalue weighted by Crippen LogP contribution is 2.18. The summed E-state index contributed by atoms with van der Waals surface area (Å²) in [5.74, 6) is -0.786. The van der Waals surface area contributed by atoms with E-state index in [-0.39, 0.29) is 6.10 Å². The number of aldehydes is 1. The average molecular weight is 207 g/mol. The average Bonchev–Trinajstić information content (AvgIpc) is 2.05. The van der Waals surface area contributed by atoms with Crippen LogP contribution in [0.3, 0.4) is 0 Å². The lowest BCUT2D eigenvalue weighted by Gasteiger charge is -2.27. The summed E-state index contributed by atoms with van der Waals surface area (Å²) in [6.45, 7) is 3.95. The molecule has 0 spiro atoms. The molecule has 0 aliphatic heterocycles. The van der Waals surface area contributed by atoms with Crippen LogP contribution >= 0.6 is 12.9 Å². The van der Waals surface area contributed by atoms with E-state index < -0.39 is 5.79 Å². The molecule has 1 unspecified atom stereocenters. The third-order valence-corrected chi connectivity index (χ3v) is 1.96. The minimum Gasteiger partial charge on any atom is -0.346 e. The molecule has 78 valence electrons. The molecule has 0 aromatic rings. The zero-order valence-corrected chi connectivity index (χ0v) is 8.92. The van der Waals surface area contributed by atoms with Crippen LogP contribution in [0.25, 0.3) is 0 Å². The van der Waals surface area contributed by atoms with E-state index >= 15 is 0 Å². The van der Waals surface area contributed by atoms with Gasteiger partial charge < -0.3 is 15.3 Å². The van der Waals surface area contributed by atoms with Crippen molar-refractivity contribution in [2.45, 2.75) is 38.6 Å². The summed E-state index contributed by atoms with van der Waals surface area (Å²) < 4.78 is 10.2. The van der Waals surface area contributed by atoms with Crippen LogP contribution in [0.2, 0.25) is 0 Å². The largest absolute Gasteiger partial charge is 0.346 e. The van der Waals surface area contributed by atoms with Crippen molar-refractivity contribution in [1.82, 2.24) is 0 Å². The first-order valence-electron chi connectivity index (χ1n) is 4.20. The lowest BCUT2D eigenvalue weighted by Crippen LogP contribution is -2.32. The first kappa shape index (κ1) is 12.9. The van der Waals surface area contributed by atoms with Gasteiger partial charge in [-0.25, -0.2) is 0 Å². The summed E-state index contributed by atoms with van der Waals surface area (Å²) in [6.07, 6.45) is 1.59. The summed E-state index contributed by atoms with van der Waals surface area (Å²) in [4.78, 5) is 10.3. The Bertz CT molecular complexity index is 152. The summed E-state index contributed by atoms with van der Waals surface area (Å²) >= 11 is 3.67. The fraction of sp³-hybridized carbons (Fsp3) is 0.875. The number of thiol groups is 1. The van der Waals surface area contributed by atoms with Crippen LogP contribution in [0.4, 0.5) is 0 Å². The second-order valence-electron chi connectivity index (χ2n) is 3.21. The van der Waals surface area contributed by atoms with Gasteiger partial charge in [-0.1, -0.05) is 0 Å². The van der Waals surface area contributed by atoms with Crippen molar-refractivity contribution in [2.75, 3.05) is 6.54 Å². The van der Waals surface area contributed by atoms with E-state index in [4.69, 9.17) is 14.7 Å². The highest BCUT2D eigenvalue weighted by atomic mass is 32.1. The van der Waals surface area contributed by atoms with E-state index in [9.17, 15) is 4.79 Å². The molecule has 1 atom stereocenters. The van der Waals surface area contributed by atoms with Crippen molar-refractivity contribution in [3.8, 4) is 0 Å². The number of rotatable bonds is 7. The Kier molecular flexibility index (Phi) is 6.32. The molecule has 0 heterocycles. The Morgan fingerprint density at radius 3 is 2.62 bits per heavy atom. The van der Waals surface area contributed by atoms with Gasteiger partial charge in [-0.05, 0) is 39.7 Å². The zero-order valence-electron chi connectivity index (χ0n) is 8.03. The first-order chi connectivity index (χ1) is 6.05. The van der Waals surface area contributed by atoms with Gasteiger partial charge in [0.1, 0.15) is 6.29 Å². The van der Waals surface area contributed by atoms with Gasteiger partial charge in [0.15, 0.2) is 5.79 Å². The second-order valence-corrected chi connectivity index (χ2v) is 3.39. The molecule has 0 saturated carbocycles. The summed E-state index contributed by atoms with van der Waals surface area (Å²) in [6, 6.07) is 0. The molecule has 0 aliphatic carbocycles. The molecule has 13 heavy (non-hydrogen) atoms. The number of carbonyl (C=O) groups excluding carboxylic acids is 1. The molecule has 0 saturated heterocycles. The van der Waals surface area contributed by atoms with Crippen molar-refractivity contribution >= 4 is 19.2 Å². The third kappa shape index (κ3) is 6.04. The van der Waals surface area contributed by atoms with E-state index in [0.29, 0.717) is 19.4 Å². The van der Waals surface area contributed by atoms with Crippen LogP contribution in [0, 0.1) is 0 Å². The van der Waals surface area contributed by atoms with Crippen LogP contribution in [0.15, 0.2) is 0 Å². The molecule has 5 heteroatoms. The Labute approximate surface area is 84.4 Å². The van der Waals surface area contributed by atoms with Crippen LogP contribution in [0.5, 0.6) is 0 Å². The van der Waals surface area contributed by atoms with Crippen LogP contribution in [-0.4, -0.2) is 24.7 Å². The molecule has 0 aromatic carbocycles. The highest BCUT2D eigenvalue weighted by molar-refractivity contribution is 7.75. The minimum atomic E-state index is -0.786. The minimum absolute atomic E-state index is 0.190. The van der Waals surface area contributed by atoms with E-state index in [1.165, 1.54) is 0 Å². The number of nitrogens with two attached hydrogens (primary N) is 1. The molecule has 0 radical (unpaired) electrons. The Balaban J connectivity index is 3.99. The van der Waals surface area contributed by atoms with Gasteiger partial charge in [-0.2, -0.15) is 0 Å². The van der Waals surface area contributed by atoms with Gasteiger partial charge in [0.25, 0.3) is 0 Å². The van der Waals surface area contributed by atoms with Crippen LogP contribution < -0.4 is 5.73 Å². The lowest BCUT2D eigenvalue weighted by molar-refractivity contribution is -0.180. The maximum atomic E-state index is 10.3. The highest BCUT2D eigenvalue weighted by Gasteiger charge is 2.22. The zero-order chi connectivity index (χ0) is 10.3. The van der Waals surface area contributed by atoms with E-state index in [1.54, 1.807) is 13.8 Å². The molecule has 0 amide bonds. The summed E-state index contributed by atoms with van der Waals surface area (Å²) in [7, 11) is 0. The first-order valence-corrected chi connectivity index (χ1v) is 4.56. The monoisotopic (exact) mass is 207 g/mol. The van der Waals surface area contributed by atoms with Gasteiger partial charge in [0, 0.05) is 6.42 Å². The van der Waals surface area contributed by atoms with Gasteiger partial charge in [-0.3, -0.25) is 4.18 Å². The topological polar surface area (TPSA) is 61.5 Å². The van der Waals surface area contributed by atoms with Crippen molar-refractivity contribution in [2.24, 2.45) is 5.73 Å². The molecule has 0 aromatic heterocycles. The van der Waals surface area contributed by atoms with Crippen molar-refractivity contribution < 1.29 is 13.7 Å². The van der Waals surface area contributed by atoms with Crippen molar-refractivity contribution in [3.63, 3.8) is 0 Å². The molecule has 0 aliphatic rings. The second kappa shape index (κ2) is 6.37. The van der Waals surface area contributed by atoms with Crippen LogP contribution in [-0.2, 0) is 13.7 Å². The molecule has 4 nitrogen and oxygen atoms in total. The molecule has 2 N–H and O–H groups in total. The van der Waals surface area contributed by atoms with E-state index in [0.717, 1.165) is 6.29 Å². The number of hydrogen-bond donors (Lipinski definition) is 2. The number of carbonyl (C=O) groups is 1. The fourth-order valence-electron chi connectivity index (χ4n) is 0.941. The summed E-state index contributed by atoms with van der Waals surface area (Å²) in [5, 5.41) is 0. The molecular formula is C8H17NO3S. The SMILES string of the molecule is CC(C)(OS)OC(CC=O)CCN. The predicted molar refractivity (Wildman–Crippen MR) is 53.4 cm³/mol. The molecule has 0 bridgehead atoms. The Morgan fingerprint density at radius 2 is 2.23 bits per heavy atom. The van der Waals surface area contributed by atoms with Gasteiger partial charge in [0.2, 0.25) is 0 Å². The predicted octanol–water partition coefficient (Wildman–Crippen LogP) is 0.907. The fourth-order valence-corrected chi connectivity index (χ4v) is 0.984. The maximum absolute atomic E-state index is 10.3. The maximum Gasteiger partial charge on any atom is 0.175 e. The molecule has 0 fully saturated rings. The molecule has 0 rings (SSSR count). The Hall–Kier alpha value is -0.100. The Morgan fingerprint density at radius 1 is 1.62 bits per heavy atom. The quantitative estimate of drug-likeness (QED) is 0.282. The normalized spacial score (nSPS) is 14.2. The van der Waals surface area contributed by atoms with E-state index in [2.05, 4.69) is 12.9 Å². The standard InChI is InChI=1S/C8H17NO3S/c1-8(2,12-13)11-7(3-5-9)4-6-10/h6-7,13H,3-5,9H2,1-2H3. The van der Waals surface area contributed by atoms with Gasteiger partial charge >= 0.3 is 0 Å². The van der Waals surface area contributed by atoms with Crippen molar-refractivity contribution in [3.05, 3.63) is 0 Å². The van der Waals surface area contributed by atoms with E-state index in [1.807, 2.05) is 0 Å². The van der Waals surface area contributed by atoms with Gasteiger partial charge in [0.05, 0.1) is 6.10 Å². The molecular weight excluding hydrogens is 190 g/mol. The van der Waals surface area contributed by atoms with Crippen LogP contribution in [0.1, 0.15) is 26.7 Å². The number of ether oxygens (including phenoxy) is 1. The van der Waals surface area contributed by atoms with Crippen molar-refractivity contribution in [1.29, 1.82) is 0 Å². The number of hydrogen-bond acceptors (Lipinski definition) is 5. The lowest BCUT2D eigenvalue weighted by atomic mass is 10.2. The smallest absolute Gasteiger partial charge is 0.175 e. The van der Waals surface area contributed by atoms with Gasteiger partial charge in [-0.15, -0.1) is 0 Å². The third-order valence-electron chi connectivity index (χ3n) is 1.52.